The van der Waals surface area contributed by atoms with Gasteiger partial charge in [-0.3, -0.25) is 4.90 Å². The molecule has 2 aliphatic rings. The summed E-state index contributed by atoms with van der Waals surface area (Å²) in [6.45, 7) is 5.34. The Kier molecular flexibility index (Phi) is 3.06. The van der Waals surface area contributed by atoms with E-state index in [0.717, 1.165) is 36.3 Å². The summed E-state index contributed by atoms with van der Waals surface area (Å²) in [6, 6.07) is 4.71. The van der Waals surface area contributed by atoms with Crippen molar-refractivity contribution in [1.29, 1.82) is 0 Å². The van der Waals surface area contributed by atoms with Crippen LogP contribution in [-0.2, 0) is 0 Å². The first kappa shape index (κ1) is 13.0. The highest BCUT2D eigenvalue weighted by molar-refractivity contribution is 5.47. The number of fused-ring (bicyclic) bond motifs is 1. The van der Waals surface area contributed by atoms with Crippen molar-refractivity contribution in [2.24, 2.45) is 5.92 Å². The average molecular weight is 286 g/mol. The van der Waals surface area contributed by atoms with Crippen LogP contribution in [0.3, 0.4) is 0 Å². The Morgan fingerprint density at radius 2 is 2.05 bits per heavy atom. The lowest BCUT2D eigenvalue weighted by Gasteiger charge is -2.46. The number of hydrogen-bond donors (Lipinski definition) is 0. The molecule has 2 aromatic rings. The smallest absolute Gasteiger partial charge is 0.178 e. The highest BCUT2D eigenvalue weighted by Crippen LogP contribution is 2.29. The second kappa shape index (κ2) is 4.94. The van der Waals surface area contributed by atoms with Gasteiger partial charge >= 0.3 is 0 Å². The van der Waals surface area contributed by atoms with Crippen LogP contribution >= 0.6 is 0 Å². The lowest BCUT2D eigenvalue weighted by Crippen LogP contribution is -2.59. The van der Waals surface area contributed by atoms with Gasteiger partial charge in [0.15, 0.2) is 11.5 Å². The summed E-state index contributed by atoms with van der Waals surface area (Å²) in [5.41, 5.74) is 0.815. The molecule has 0 bridgehead atoms. The van der Waals surface area contributed by atoms with E-state index in [0.29, 0.717) is 6.04 Å². The molecule has 6 nitrogen and oxygen atoms in total. The molecule has 0 N–H and O–H groups in total. The first-order valence-corrected chi connectivity index (χ1v) is 7.85. The van der Waals surface area contributed by atoms with E-state index >= 15 is 0 Å². The maximum Gasteiger partial charge on any atom is 0.178 e. The highest BCUT2D eigenvalue weighted by Gasteiger charge is 2.32. The van der Waals surface area contributed by atoms with Gasteiger partial charge in [0.2, 0.25) is 0 Å². The standard InChI is InChI=1S/C15H22N6/c1-11-16-17-14-6-7-15(18-21(11)14)20-9-13(10-20)19(2)8-12-4-3-5-12/h6-7,12-13H,3-5,8-10H2,1-2H3. The van der Waals surface area contributed by atoms with E-state index < -0.39 is 0 Å². The first-order valence-electron chi connectivity index (χ1n) is 7.85. The minimum atomic E-state index is 0.671. The second-order valence-corrected chi connectivity index (χ2v) is 6.50. The Morgan fingerprint density at radius 1 is 1.24 bits per heavy atom. The van der Waals surface area contributed by atoms with Gasteiger partial charge in [-0.15, -0.1) is 15.3 Å². The number of nitrogens with zero attached hydrogens (tertiary/aromatic N) is 6. The molecule has 6 heteroatoms. The van der Waals surface area contributed by atoms with Crippen molar-refractivity contribution in [2.45, 2.75) is 32.2 Å². The lowest BCUT2D eigenvalue weighted by molar-refractivity contribution is 0.142. The summed E-state index contributed by atoms with van der Waals surface area (Å²) in [4.78, 5) is 4.86. The predicted molar refractivity (Wildman–Crippen MR) is 81.5 cm³/mol. The van der Waals surface area contributed by atoms with Crippen LogP contribution < -0.4 is 4.90 Å². The van der Waals surface area contributed by atoms with E-state index in [1.54, 1.807) is 0 Å². The van der Waals surface area contributed by atoms with Gasteiger partial charge in [-0.25, -0.2) is 0 Å². The molecule has 21 heavy (non-hydrogen) atoms. The summed E-state index contributed by atoms with van der Waals surface area (Å²) < 4.78 is 1.82. The average Bonchev–Trinajstić information content (AvgIpc) is 2.74. The third-order valence-corrected chi connectivity index (χ3v) is 4.99. The Bertz CT molecular complexity index is 641. The second-order valence-electron chi connectivity index (χ2n) is 6.50. The van der Waals surface area contributed by atoms with Crippen molar-refractivity contribution in [2.75, 3.05) is 31.6 Å². The van der Waals surface area contributed by atoms with Gasteiger partial charge in [0.1, 0.15) is 5.82 Å². The SMILES string of the molecule is Cc1nnc2ccc(N3CC(N(C)CC4CCC4)C3)nn12. The fraction of sp³-hybridized carbons (Fsp3) is 0.667. The summed E-state index contributed by atoms with van der Waals surface area (Å²) in [7, 11) is 2.26. The molecule has 0 amide bonds. The van der Waals surface area contributed by atoms with Crippen molar-refractivity contribution in [3.63, 3.8) is 0 Å². The van der Waals surface area contributed by atoms with E-state index in [9.17, 15) is 0 Å². The van der Waals surface area contributed by atoms with E-state index in [1.165, 1.54) is 25.8 Å². The van der Waals surface area contributed by atoms with Gasteiger partial charge in [0, 0.05) is 25.7 Å². The van der Waals surface area contributed by atoms with Crippen molar-refractivity contribution in [3.8, 4) is 0 Å². The number of likely N-dealkylation sites (N-methyl/N-ethyl adjacent to an activating group) is 1. The Hall–Kier alpha value is -1.69. The van der Waals surface area contributed by atoms with Crippen LogP contribution in [0.25, 0.3) is 5.65 Å². The number of anilines is 1. The summed E-state index contributed by atoms with van der Waals surface area (Å²) in [5, 5.41) is 12.8. The molecule has 1 saturated heterocycles. The van der Waals surface area contributed by atoms with E-state index in [4.69, 9.17) is 0 Å². The van der Waals surface area contributed by atoms with Gasteiger partial charge < -0.3 is 4.90 Å². The molecule has 1 aliphatic carbocycles. The van der Waals surface area contributed by atoms with E-state index in [1.807, 2.05) is 23.6 Å². The number of aryl methyl sites for hydroxylation is 1. The molecule has 0 aromatic carbocycles. The molecule has 0 radical (unpaired) electrons. The molecule has 2 aromatic heterocycles. The van der Waals surface area contributed by atoms with Crippen LogP contribution in [0.5, 0.6) is 0 Å². The molecule has 3 heterocycles. The highest BCUT2D eigenvalue weighted by atomic mass is 15.4. The normalized spacial score (nSPS) is 20.0. The topological polar surface area (TPSA) is 49.6 Å². The molecule has 1 aliphatic heterocycles. The fourth-order valence-corrected chi connectivity index (χ4v) is 3.21. The largest absolute Gasteiger partial charge is 0.352 e. The monoisotopic (exact) mass is 286 g/mol. The van der Waals surface area contributed by atoms with Gasteiger partial charge in [-0.05, 0) is 44.9 Å². The molecule has 4 rings (SSSR count). The van der Waals surface area contributed by atoms with Crippen LogP contribution in [0.15, 0.2) is 12.1 Å². The molecule has 0 atom stereocenters. The minimum Gasteiger partial charge on any atom is -0.352 e. The molecule has 0 unspecified atom stereocenters. The van der Waals surface area contributed by atoms with Gasteiger partial charge in [0.25, 0.3) is 0 Å². The van der Waals surface area contributed by atoms with Crippen molar-refractivity contribution >= 4 is 11.5 Å². The van der Waals surface area contributed by atoms with Crippen molar-refractivity contribution in [3.05, 3.63) is 18.0 Å². The molecular weight excluding hydrogens is 264 g/mol. The van der Waals surface area contributed by atoms with Crippen molar-refractivity contribution in [1.82, 2.24) is 24.7 Å². The van der Waals surface area contributed by atoms with Gasteiger partial charge in [-0.1, -0.05) is 6.42 Å². The molecule has 1 saturated carbocycles. The zero-order chi connectivity index (χ0) is 14.4. The number of hydrogen-bond acceptors (Lipinski definition) is 5. The summed E-state index contributed by atoms with van der Waals surface area (Å²) in [6.07, 6.45) is 4.27. The molecule has 0 spiro atoms. The first-order chi connectivity index (χ1) is 10.2. The summed E-state index contributed by atoms with van der Waals surface area (Å²) >= 11 is 0. The zero-order valence-corrected chi connectivity index (χ0v) is 12.7. The van der Waals surface area contributed by atoms with E-state index in [-0.39, 0.29) is 0 Å². The van der Waals surface area contributed by atoms with Crippen LogP contribution in [0.4, 0.5) is 5.82 Å². The molecule has 112 valence electrons. The van der Waals surface area contributed by atoms with Crippen LogP contribution in [0.2, 0.25) is 0 Å². The summed E-state index contributed by atoms with van der Waals surface area (Å²) in [5.74, 6) is 2.81. The van der Waals surface area contributed by atoms with Crippen LogP contribution in [0, 0.1) is 12.8 Å². The Morgan fingerprint density at radius 3 is 2.76 bits per heavy atom. The number of aromatic nitrogens is 4. The van der Waals surface area contributed by atoms with Crippen LogP contribution in [0.1, 0.15) is 25.1 Å². The lowest BCUT2D eigenvalue weighted by atomic mass is 9.84. The van der Waals surface area contributed by atoms with Gasteiger partial charge in [0.05, 0.1) is 0 Å². The Labute approximate surface area is 124 Å². The molecule has 2 fully saturated rings. The zero-order valence-electron chi connectivity index (χ0n) is 12.7. The maximum atomic E-state index is 4.64. The van der Waals surface area contributed by atoms with Crippen molar-refractivity contribution < 1.29 is 0 Å². The van der Waals surface area contributed by atoms with Gasteiger partial charge in [-0.2, -0.15) is 4.52 Å². The fourth-order valence-electron chi connectivity index (χ4n) is 3.21. The third kappa shape index (κ3) is 2.27. The third-order valence-electron chi connectivity index (χ3n) is 4.99. The van der Waals surface area contributed by atoms with E-state index in [2.05, 4.69) is 32.1 Å². The maximum absolute atomic E-state index is 4.64. The molecular formula is C15H22N6. The Balaban J connectivity index is 1.40. The minimum absolute atomic E-state index is 0.671. The number of rotatable bonds is 4. The predicted octanol–water partition coefficient (Wildman–Crippen LogP) is 1.35. The van der Waals surface area contributed by atoms with Crippen LogP contribution in [-0.4, -0.2) is 57.4 Å². The quantitative estimate of drug-likeness (QED) is 0.849.